The molecule has 4 heteroatoms. The van der Waals surface area contributed by atoms with Gasteiger partial charge < -0.3 is 14.6 Å². The summed E-state index contributed by atoms with van der Waals surface area (Å²) in [5.74, 6) is 0.184. The topological polar surface area (TPSA) is 45.3 Å². The highest BCUT2D eigenvalue weighted by Crippen LogP contribution is 2.37. The lowest BCUT2D eigenvalue weighted by molar-refractivity contribution is -0.143. The van der Waals surface area contributed by atoms with E-state index in [4.69, 9.17) is 4.74 Å². The van der Waals surface area contributed by atoms with Crippen molar-refractivity contribution in [1.29, 1.82) is 0 Å². The van der Waals surface area contributed by atoms with Gasteiger partial charge in [0.25, 0.3) is 0 Å². The number of H-pyrrole nitrogens is 1. The van der Waals surface area contributed by atoms with Crippen LogP contribution in [-0.4, -0.2) is 36.1 Å². The molecule has 25 heavy (non-hydrogen) atoms. The van der Waals surface area contributed by atoms with E-state index in [0.29, 0.717) is 5.92 Å². The predicted octanol–water partition coefficient (Wildman–Crippen LogP) is 3.99. The number of esters is 1. The minimum Gasteiger partial charge on any atom is -0.469 e. The molecule has 2 unspecified atom stereocenters. The van der Waals surface area contributed by atoms with E-state index < -0.39 is 0 Å². The standard InChI is InChI=1S/C21H26N2O2/c1-3-14-10-15-11-18(21(24)25-2)20-17(8-9-23(12-14)13-15)16-6-4-5-7-19(16)22-20/h4-7,12,15,18,22H,3,8-11,13H2,1-2H3. The number of methoxy groups -OCH3 is 1. The Balaban J connectivity index is 1.81. The molecule has 1 N–H and O–H groups in total. The van der Waals surface area contributed by atoms with E-state index in [1.165, 1.54) is 23.6 Å². The Morgan fingerprint density at radius 2 is 2.20 bits per heavy atom. The van der Waals surface area contributed by atoms with Crippen LogP contribution in [0.1, 0.15) is 43.4 Å². The first-order chi connectivity index (χ1) is 12.2. The van der Waals surface area contributed by atoms with Crippen molar-refractivity contribution in [3.05, 3.63) is 47.3 Å². The lowest BCUT2D eigenvalue weighted by atomic mass is 9.85. The van der Waals surface area contributed by atoms with Crippen molar-refractivity contribution in [3.8, 4) is 0 Å². The van der Waals surface area contributed by atoms with Crippen molar-refractivity contribution >= 4 is 16.9 Å². The first-order valence-electron chi connectivity index (χ1n) is 9.30. The lowest BCUT2D eigenvalue weighted by Crippen LogP contribution is -2.32. The number of nitrogens with one attached hydrogen (secondary N) is 1. The number of rotatable bonds is 2. The molecule has 4 rings (SSSR count). The zero-order valence-corrected chi connectivity index (χ0v) is 15.0. The number of benzene rings is 1. The third-order valence-corrected chi connectivity index (χ3v) is 5.76. The van der Waals surface area contributed by atoms with E-state index >= 15 is 0 Å². The van der Waals surface area contributed by atoms with Crippen LogP contribution < -0.4 is 0 Å². The van der Waals surface area contributed by atoms with E-state index in [1.807, 2.05) is 6.07 Å². The summed E-state index contributed by atoms with van der Waals surface area (Å²) in [6.45, 7) is 4.27. The first-order valence-corrected chi connectivity index (χ1v) is 9.30. The van der Waals surface area contributed by atoms with Gasteiger partial charge in [0.15, 0.2) is 0 Å². The summed E-state index contributed by atoms with van der Waals surface area (Å²) in [6.07, 6.45) is 6.33. The molecule has 132 valence electrons. The minimum absolute atomic E-state index is 0.117. The highest BCUT2D eigenvalue weighted by Gasteiger charge is 2.33. The van der Waals surface area contributed by atoms with Crippen LogP contribution in [0.25, 0.3) is 10.9 Å². The molecule has 2 aliphatic heterocycles. The number of ether oxygens (including phenoxy) is 1. The van der Waals surface area contributed by atoms with Gasteiger partial charge in [0.1, 0.15) is 0 Å². The van der Waals surface area contributed by atoms with Crippen molar-refractivity contribution < 1.29 is 9.53 Å². The summed E-state index contributed by atoms with van der Waals surface area (Å²) < 4.78 is 5.18. The summed E-state index contributed by atoms with van der Waals surface area (Å²) in [4.78, 5) is 18.6. The van der Waals surface area contributed by atoms with Gasteiger partial charge in [-0.2, -0.15) is 0 Å². The van der Waals surface area contributed by atoms with Gasteiger partial charge in [0.2, 0.25) is 0 Å². The zero-order valence-electron chi connectivity index (χ0n) is 15.0. The average molecular weight is 338 g/mol. The number of hydrogen-bond acceptors (Lipinski definition) is 3. The van der Waals surface area contributed by atoms with Gasteiger partial charge >= 0.3 is 5.97 Å². The van der Waals surface area contributed by atoms with Crippen molar-refractivity contribution in [3.63, 3.8) is 0 Å². The van der Waals surface area contributed by atoms with Crippen LogP contribution in [0.5, 0.6) is 0 Å². The summed E-state index contributed by atoms with van der Waals surface area (Å²) in [5, 5.41) is 1.24. The fourth-order valence-corrected chi connectivity index (χ4v) is 4.53. The van der Waals surface area contributed by atoms with E-state index in [2.05, 4.69) is 41.2 Å². The molecule has 1 aromatic carbocycles. The van der Waals surface area contributed by atoms with E-state index in [0.717, 1.165) is 50.0 Å². The summed E-state index contributed by atoms with van der Waals surface area (Å²) in [6, 6.07) is 8.37. The van der Waals surface area contributed by atoms with E-state index in [-0.39, 0.29) is 11.9 Å². The molecule has 0 radical (unpaired) electrons. The second kappa shape index (κ2) is 6.58. The van der Waals surface area contributed by atoms with Crippen LogP contribution in [0.4, 0.5) is 0 Å². The van der Waals surface area contributed by atoms with Crippen molar-refractivity contribution in [2.24, 2.45) is 5.92 Å². The quantitative estimate of drug-likeness (QED) is 0.842. The number of hydrogen-bond donors (Lipinski definition) is 1. The number of aromatic nitrogens is 1. The largest absolute Gasteiger partial charge is 0.469 e. The van der Waals surface area contributed by atoms with Crippen LogP contribution in [0.3, 0.4) is 0 Å². The highest BCUT2D eigenvalue weighted by molar-refractivity contribution is 5.88. The molecular weight excluding hydrogens is 312 g/mol. The van der Waals surface area contributed by atoms with Gasteiger partial charge in [0.05, 0.1) is 13.0 Å². The maximum absolute atomic E-state index is 12.6. The van der Waals surface area contributed by atoms with Crippen LogP contribution in [0.2, 0.25) is 0 Å². The van der Waals surface area contributed by atoms with Crippen molar-refractivity contribution in [1.82, 2.24) is 9.88 Å². The number of carbonyl (C=O) groups is 1. The number of carbonyl (C=O) groups excluding carboxylic acids is 1. The van der Waals surface area contributed by atoms with Gasteiger partial charge in [-0.25, -0.2) is 0 Å². The maximum Gasteiger partial charge on any atom is 0.314 e. The molecule has 2 bridgehead atoms. The molecule has 3 heterocycles. The van der Waals surface area contributed by atoms with Crippen LogP contribution >= 0.6 is 0 Å². The molecule has 0 saturated heterocycles. The van der Waals surface area contributed by atoms with Crippen molar-refractivity contribution in [2.45, 2.75) is 38.5 Å². The Bertz CT molecular complexity index is 820. The van der Waals surface area contributed by atoms with Gasteiger partial charge in [0, 0.05) is 29.7 Å². The molecule has 2 aliphatic rings. The second-order valence-electron chi connectivity index (χ2n) is 7.33. The van der Waals surface area contributed by atoms with E-state index in [9.17, 15) is 4.79 Å². The fourth-order valence-electron chi connectivity index (χ4n) is 4.53. The number of allylic oxidation sites excluding steroid dienone is 1. The molecular formula is C21H26N2O2. The molecule has 4 nitrogen and oxygen atoms in total. The molecule has 0 amide bonds. The van der Waals surface area contributed by atoms with Gasteiger partial charge in [-0.05, 0) is 49.4 Å². The Hall–Kier alpha value is -2.23. The van der Waals surface area contributed by atoms with Crippen LogP contribution in [0, 0.1) is 5.92 Å². The minimum atomic E-state index is -0.200. The summed E-state index contributed by atoms with van der Waals surface area (Å²) >= 11 is 0. The third-order valence-electron chi connectivity index (χ3n) is 5.76. The number of aromatic amines is 1. The zero-order chi connectivity index (χ0) is 17.4. The molecule has 0 spiro atoms. The molecule has 1 aromatic heterocycles. The lowest BCUT2D eigenvalue weighted by Gasteiger charge is -2.33. The predicted molar refractivity (Wildman–Crippen MR) is 99.4 cm³/mol. The Labute approximate surface area is 148 Å². The highest BCUT2D eigenvalue weighted by atomic mass is 16.5. The van der Waals surface area contributed by atoms with Crippen LogP contribution in [-0.2, 0) is 16.0 Å². The third kappa shape index (κ3) is 2.94. The first kappa shape index (κ1) is 16.2. The number of fused-ring (bicyclic) bond motifs is 5. The van der Waals surface area contributed by atoms with Crippen molar-refractivity contribution in [2.75, 3.05) is 20.2 Å². The van der Waals surface area contributed by atoms with E-state index in [1.54, 1.807) is 0 Å². The van der Waals surface area contributed by atoms with Crippen LogP contribution in [0.15, 0.2) is 36.0 Å². The Morgan fingerprint density at radius 1 is 1.36 bits per heavy atom. The molecule has 2 aromatic rings. The molecule has 0 saturated carbocycles. The molecule has 2 atom stereocenters. The number of para-hydroxylation sites is 1. The second-order valence-corrected chi connectivity index (χ2v) is 7.33. The van der Waals surface area contributed by atoms with Gasteiger partial charge in [-0.15, -0.1) is 0 Å². The van der Waals surface area contributed by atoms with Gasteiger partial charge in [-0.3, -0.25) is 4.79 Å². The number of nitrogens with zero attached hydrogens (tertiary/aromatic N) is 1. The molecule has 0 aliphatic carbocycles. The monoisotopic (exact) mass is 338 g/mol. The normalized spacial score (nSPS) is 23.3. The fraction of sp³-hybridized carbons (Fsp3) is 0.476. The van der Waals surface area contributed by atoms with Gasteiger partial charge in [-0.1, -0.05) is 30.7 Å². The Morgan fingerprint density at radius 3 is 3.00 bits per heavy atom. The average Bonchev–Trinajstić information content (AvgIpc) is 3.02. The summed E-state index contributed by atoms with van der Waals surface area (Å²) in [7, 11) is 1.50. The maximum atomic E-state index is 12.6. The smallest absolute Gasteiger partial charge is 0.314 e. The Kier molecular flexibility index (Phi) is 4.28. The SMILES string of the molecule is CCC1=CN2CCc3c([nH]c4ccccc34)C(C(=O)OC)CC(C1)C2. The summed E-state index contributed by atoms with van der Waals surface area (Å²) in [5.41, 5.74) is 4.96. The molecule has 0 fully saturated rings.